The van der Waals surface area contributed by atoms with E-state index in [4.69, 9.17) is 9.84 Å². The number of pyridine rings is 1. The molecule has 0 unspecified atom stereocenters. The van der Waals surface area contributed by atoms with Crippen molar-refractivity contribution in [2.45, 2.75) is 6.92 Å². The Hall–Kier alpha value is -2.04. The lowest BCUT2D eigenvalue weighted by Crippen LogP contribution is -2.04. The minimum atomic E-state index is -1.04. The number of aromatic carboxylic acids is 1. The number of nitrogens with one attached hydrogen (secondary N) is 1. The number of rotatable bonds is 2. The van der Waals surface area contributed by atoms with Gasteiger partial charge in [0.25, 0.3) is 0 Å². The van der Waals surface area contributed by atoms with Crippen molar-refractivity contribution in [3.63, 3.8) is 0 Å². The number of H-pyrrole nitrogens is 1. The lowest BCUT2D eigenvalue weighted by molar-refractivity contribution is 0.0695. The summed E-state index contributed by atoms with van der Waals surface area (Å²) in [6.45, 7) is 1.80. The topological polar surface area (TPSA) is 75.2 Å². The molecule has 0 saturated carbocycles. The third-order valence-electron chi connectivity index (χ3n) is 2.27. The van der Waals surface area contributed by atoms with E-state index < -0.39 is 5.97 Å². The Kier molecular flexibility index (Phi) is 2.07. The first kappa shape index (κ1) is 9.51. The van der Waals surface area contributed by atoms with Crippen molar-refractivity contribution in [1.29, 1.82) is 0 Å². The molecule has 2 heterocycles. The molecule has 0 aliphatic rings. The summed E-state index contributed by atoms with van der Waals surface area (Å²) in [5, 5.41) is 9.69. The van der Waals surface area contributed by atoms with Crippen LogP contribution < -0.4 is 4.74 Å². The van der Waals surface area contributed by atoms with Gasteiger partial charge in [-0.05, 0) is 13.0 Å². The molecular weight excluding hydrogens is 196 g/mol. The molecule has 78 valence electrons. The van der Waals surface area contributed by atoms with E-state index in [1.54, 1.807) is 19.2 Å². The van der Waals surface area contributed by atoms with Crippen LogP contribution in [-0.4, -0.2) is 28.2 Å². The first-order chi connectivity index (χ1) is 7.15. The molecule has 0 aromatic carbocycles. The maximum absolute atomic E-state index is 11.1. The summed E-state index contributed by atoms with van der Waals surface area (Å²) in [4.78, 5) is 18.1. The molecule has 0 spiro atoms. The SMILES string of the molecule is COc1nc(C)c2[nH]ccc2c1C(=O)O. The summed E-state index contributed by atoms with van der Waals surface area (Å²) in [7, 11) is 1.41. The average molecular weight is 206 g/mol. The van der Waals surface area contributed by atoms with Crippen molar-refractivity contribution in [2.24, 2.45) is 0 Å². The van der Waals surface area contributed by atoms with E-state index in [-0.39, 0.29) is 11.4 Å². The van der Waals surface area contributed by atoms with E-state index in [9.17, 15) is 4.79 Å². The summed E-state index contributed by atoms with van der Waals surface area (Å²) in [5.41, 5.74) is 1.55. The molecule has 0 fully saturated rings. The van der Waals surface area contributed by atoms with Crippen LogP contribution in [-0.2, 0) is 0 Å². The van der Waals surface area contributed by atoms with Gasteiger partial charge in [0.05, 0.1) is 18.3 Å². The first-order valence-corrected chi connectivity index (χ1v) is 4.40. The minimum absolute atomic E-state index is 0.0966. The van der Waals surface area contributed by atoms with Crippen LogP contribution in [0.4, 0.5) is 0 Å². The molecule has 5 heteroatoms. The minimum Gasteiger partial charge on any atom is -0.480 e. The highest BCUT2D eigenvalue weighted by atomic mass is 16.5. The van der Waals surface area contributed by atoms with Crippen LogP contribution in [0, 0.1) is 6.92 Å². The highest BCUT2D eigenvalue weighted by molar-refractivity contribution is 6.05. The average Bonchev–Trinajstić information content (AvgIpc) is 2.65. The van der Waals surface area contributed by atoms with Gasteiger partial charge in [-0.1, -0.05) is 0 Å². The van der Waals surface area contributed by atoms with Gasteiger partial charge in [-0.2, -0.15) is 0 Å². The number of carboxylic acid groups (broad SMARTS) is 1. The molecule has 2 rings (SSSR count). The highest BCUT2D eigenvalue weighted by Crippen LogP contribution is 2.27. The normalized spacial score (nSPS) is 10.5. The van der Waals surface area contributed by atoms with Gasteiger partial charge in [0, 0.05) is 11.6 Å². The summed E-state index contributed by atoms with van der Waals surface area (Å²) in [6.07, 6.45) is 1.69. The number of carboxylic acids is 1. The monoisotopic (exact) mass is 206 g/mol. The maximum atomic E-state index is 11.1. The lowest BCUT2D eigenvalue weighted by atomic mass is 10.1. The molecule has 0 saturated heterocycles. The van der Waals surface area contributed by atoms with Gasteiger partial charge in [-0.15, -0.1) is 0 Å². The standard InChI is InChI=1S/C10H10N2O3/c1-5-8-6(3-4-11-8)7(10(13)14)9(12-5)15-2/h3-4,11H,1-2H3,(H,13,14). The van der Waals surface area contributed by atoms with Gasteiger partial charge in [0.2, 0.25) is 5.88 Å². The third-order valence-corrected chi connectivity index (χ3v) is 2.27. The number of aryl methyl sites for hydroxylation is 1. The number of fused-ring (bicyclic) bond motifs is 1. The lowest BCUT2D eigenvalue weighted by Gasteiger charge is -2.06. The fourth-order valence-corrected chi connectivity index (χ4v) is 1.61. The number of ether oxygens (including phenoxy) is 1. The zero-order valence-corrected chi connectivity index (χ0v) is 8.37. The predicted molar refractivity (Wildman–Crippen MR) is 54.3 cm³/mol. The number of hydrogen-bond acceptors (Lipinski definition) is 3. The van der Waals surface area contributed by atoms with E-state index >= 15 is 0 Å². The second-order valence-corrected chi connectivity index (χ2v) is 3.15. The van der Waals surface area contributed by atoms with E-state index in [0.29, 0.717) is 5.39 Å². The van der Waals surface area contributed by atoms with Crippen LogP contribution in [0.25, 0.3) is 10.9 Å². The number of methoxy groups -OCH3 is 1. The molecule has 0 aliphatic carbocycles. The summed E-state index contributed by atoms with van der Waals surface area (Å²) >= 11 is 0. The van der Waals surface area contributed by atoms with Gasteiger partial charge in [-0.3, -0.25) is 0 Å². The van der Waals surface area contributed by atoms with E-state index in [1.807, 2.05) is 0 Å². The highest BCUT2D eigenvalue weighted by Gasteiger charge is 2.18. The molecule has 0 radical (unpaired) electrons. The van der Waals surface area contributed by atoms with Crippen molar-refractivity contribution in [1.82, 2.24) is 9.97 Å². The van der Waals surface area contributed by atoms with Crippen molar-refractivity contribution in [2.75, 3.05) is 7.11 Å². The molecule has 2 aromatic rings. The number of hydrogen-bond donors (Lipinski definition) is 2. The van der Waals surface area contributed by atoms with Gasteiger partial charge >= 0.3 is 5.97 Å². The van der Waals surface area contributed by atoms with Crippen LogP contribution in [0.3, 0.4) is 0 Å². The van der Waals surface area contributed by atoms with E-state index in [1.165, 1.54) is 7.11 Å². The van der Waals surface area contributed by atoms with Crippen LogP contribution in [0.15, 0.2) is 12.3 Å². The van der Waals surface area contributed by atoms with Crippen LogP contribution >= 0.6 is 0 Å². The Morgan fingerprint density at radius 1 is 1.60 bits per heavy atom. The third kappa shape index (κ3) is 1.32. The van der Waals surface area contributed by atoms with Crippen LogP contribution in [0.1, 0.15) is 16.1 Å². The number of aromatic amines is 1. The van der Waals surface area contributed by atoms with E-state index in [0.717, 1.165) is 11.2 Å². The van der Waals surface area contributed by atoms with Gasteiger partial charge in [-0.25, -0.2) is 9.78 Å². The number of nitrogens with zero attached hydrogens (tertiary/aromatic N) is 1. The summed E-state index contributed by atoms with van der Waals surface area (Å²) in [6, 6.07) is 1.70. The molecule has 2 N–H and O–H groups in total. The van der Waals surface area contributed by atoms with Crippen molar-refractivity contribution >= 4 is 16.9 Å². The summed E-state index contributed by atoms with van der Waals surface area (Å²) in [5.74, 6) is -0.893. The molecule has 0 bridgehead atoms. The Balaban J connectivity index is 2.89. The Morgan fingerprint density at radius 3 is 2.93 bits per heavy atom. The predicted octanol–water partition coefficient (Wildman–Crippen LogP) is 1.58. The van der Waals surface area contributed by atoms with Crippen LogP contribution in [0.2, 0.25) is 0 Å². The van der Waals surface area contributed by atoms with Gasteiger partial charge < -0.3 is 14.8 Å². The van der Waals surface area contributed by atoms with Crippen LogP contribution in [0.5, 0.6) is 5.88 Å². The molecule has 0 atom stereocenters. The quantitative estimate of drug-likeness (QED) is 0.782. The Morgan fingerprint density at radius 2 is 2.33 bits per heavy atom. The number of carbonyl (C=O) groups is 1. The molecule has 2 aromatic heterocycles. The van der Waals surface area contributed by atoms with Gasteiger partial charge in [0.15, 0.2) is 0 Å². The second-order valence-electron chi connectivity index (χ2n) is 3.15. The zero-order chi connectivity index (χ0) is 11.0. The Bertz CT molecular complexity index is 531. The van der Waals surface area contributed by atoms with Crippen molar-refractivity contribution in [3.8, 4) is 5.88 Å². The fraction of sp³-hybridized carbons (Fsp3) is 0.200. The molecule has 0 amide bonds. The second kappa shape index (κ2) is 3.27. The zero-order valence-electron chi connectivity index (χ0n) is 8.37. The van der Waals surface area contributed by atoms with Gasteiger partial charge in [0.1, 0.15) is 5.56 Å². The smallest absolute Gasteiger partial charge is 0.341 e. The maximum Gasteiger partial charge on any atom is 0.341 e. The Labute approximate surface area is 85.7 Å². The molecule has 5 nitrogen and oxygen atoms in total. The summed E-state index contributed by atoms with van der Waals surface area (Å²) < 4.78 is 4.96. The van der Waals surface area contributed by atoms with E-state index in [2.05, 4.69) is 9.97 Å². The number of aromatic nitrogens is 2. The molecule has 0 aliphatic heterocycles. The van der Waals surface area contributed by atoms with Crippen molar-refractivity contribution < 1.29 is 14.6 Å². The first-order valence-electron chi connectivity index (χ1n) is 4.40. The largest absolute Gasteiger partial charge is 0.480 e. The van der Waals surface area contributed by atoms with Crippen molar-refractivity contribution in [3.05, 3.63) is 23.5 Å². The molecular formula is C10H10N2O3. The molecule has 15 heavy (non-hydrogen) atoms. The fourth-order valence-electron chi connectivity index (χ4n) is 1.61.